The zero-order valence-corrected chi connectivity index (χ0v) is 18.9. The molecule has 168 valence electrons. The van der Waals surface area contributed by atoms with Gasteiger partial charge in [-0.05, 0) is 36.4 Å². The van der Waals surface area contributed by atoms with E-state index in [-0.39, 0.29) is 24.8 Å². The van der Waals surface area contributed by atoms with Gasteiger partial charge in [-0.25, -0.2) is 8.42 Å². The molecule has 0 aromatic heterocycles. The van der Waals surface area contributed by atoms with E-state index in [0.717, 1.165) is 11.4 Å². The second kappa shape index (κ2) is 10.7. The van der Waals surface area contributed by atoms with Gasteiger partial charge >= 0.3 is 0 Å². The summed E-state index contributed by atoms with van der Waals surface area (Å²) in [5.41, 5.74) is 0.954. The van der Waals surface area contributed by atoms with E-state index in [9.17, 15) is 13.2 Å². The van der Waals surface area contributed by atoms with Crippen LogP contribution in [0.4, 0.5) is 5.69 Å². The quantitative estimate of drug-likeness (QED) is 0.606. The number of methoxy groups -OCH3 is 1. The maximum atomic E-state index is 12.6. The number of halogens is 1. The Morgan fingerprint density at radius 3 is 2.42 bits per heavy atom. The number of para-hydroxylation sites is 2. The highest BCUT2D eigenvalue weighted by Gasteiger charge is 2.27. The average Bonchev–Trinajstić information content (AvgIpc) is 2.78. The van der Waals surface area contributed by atoms with Crippen LogP contribution in [0.1, 0.15) is 0 Å². The molecule has 1 saturated heterocycles. The van der Waals surface area contributed by atoms with Gasteiger partial charge in [-0.2, -0.15) is 4.31 Å². The molecule has 0 bridgehead atoms. The lowest BCUT2D eigenvalue weighted by molar-refractivity contribution is -0.122. The van der Waals surface area contributed by atoms with Gasteiger partial charge in [0.25, 0.3) is 5.91 Å². The van der Waals surface area contributed by atoms with E-state index < -0.39 is 10.0 Å². The van der Waals surface area contributed by atoms with Crippen molar-refractivity contribution in [3.63, 3.8) is 0 Å². The lowest BCUT2D eigenvalue weighted by Gasteiger charge is -2.35. The van der Waals surface area contributed by atoms with E-state index in [4.69, 9.17) is 21.1 Å². The molecule has 1 heterocycles. The molecule has 0 aliphatic carbocycles. The first-order valence-electron chi connectivity index (χ1n) is 9.90. The number of amides is 1. The zero-order valence-electron chi connectivity index (χ0n) is 17.3. The minimum absolute atomic E-state index is 0.0257. The topological polar surface area (TPSA) is 88.2 Å². The van der Waals surface area contributed by atoms with Crippen molar-refractivity contribution in [1.29, 1.82) is 0 Å². The van der Waals surface area contributed by atoms with Gasteiger partial charge in [-0.15, -0.1) is 0 Å². The SMILES string of the molecule is COc1ccccc1N1CCN(S(=O)(=O)CCNC(=O)COc2ccc(Cl)cc2)CC1. The van der Waals surface area contributed by atoms with Crippen LogP contribution < -0.4 is 19.7 Å². The van der Waals surface area contributed by atoms with Crippen LogP contribution in [0.2, 0.25) is 5.02 Å². The zero-order chi connectivity index (χ0) is 22.3. The fourth-order valence-corrected chi connectivity index (χ4v) is 4.74. The fourth-order valence-electron chi connectivity index (χ4n) is 3.28. The van der Waals surface area contributed by atoms with Gasteiger partial charge in [0.05, 0.1) is 18.6 Å². The molecule has 0 spiro atoms. The van der Waals surface area contributed by atoms with E-state index in [0.29, 0.717) is 37.0 Å². The number of hydrogen-bond acceptors (Lipinski definition) is 6. The number of rotatable bonds is 9. The van der Waals surface area contributed by atoms with Crippen LogP contribution in [0.15, 0.2) is 48.5 Å². The van der Waals surface area contributed by atoms with Crippen LogP contribution in [-0.4, -0.2) is 70.8 Å². The molecule has 3 rings (SSSR count). The Bertz CT molecular complexity index is 977. The number of anilines is 1. The van der Waals surface area contributed by atoms with Crippen LogP contribution in [0.3, 0.4) is 0 Å². The number of benzene rings is 2. The summed E-state index contributed by atoms with van der Waals surface area (Å²) in [6.07, 6.45) is 0. The molecule has 0 saturated carbocycles. The third kappa shape index (κ3) is 6.49. The summed E-state index contributed by atoms with van der Waals surface area (Å²) in [5, 5.41) is 3.16. The molecule has 0 atom stereocenters. The highest BCUT2D eigenvalue weighted by molar-refractivity contribution is 7.89. The lowest BCUT2D eigenvalue weighted by Crippen LogP contribution is -2.50. The van der Waals surface area contributed by atoms with Crippen molar-refractivity contribution in [3.05, 3.63) is 53.6 Å². The number of hydrogen-bond donors (Lipinski definition) is 1. The van der Waals surface area contributed by atoms with Crippen molar-refractivity contribution in [2.75, 3.05) is 57.1 Å². The average molecular weight is 468 g/mol. The highest BCUT2D eigenvalue weighted by atomic mass is 35.5. The van der Waals surface area contributed by atoms with Gasteiger partial charge < -0.3 is 19.7 Å². The summed E-state index contributed by atoms with van der Waals surface area (Å²) in [5.74, 6) is 0.738. The van der Waals surface area contributed by atoms with Gasteiger partial charge in [0, 0.05) is 37.7 Å². The van der Waals surface area contributed by atoms with Crippen molar-refractivity contribution in [2.24, 2.45) is 0 Å². The normalized spacial score (nSPS) is 14.8. The Labute approximate surface area is 187 Å². The lowest BCUT2D eigenvalue weighted by atomic mass is 10.2. The maximum Gasteiger partial charge on any atom is 0.257 e. The van der Waals surface area contributed by atoms with E-state index in [2.05, 4.69) is 10.2 Å². The predicted octanol–water partition coefficient (Wildman–Crippen LogP) is 2.00. The van der Waals surface area contributed by atoms with E-state index in [1.807, 2.05) is 24.3 Å². The Kier molecular flexibility index (Phi) is 8.00. The van der Waals surface area contributed by atoms with Crippen molar-refractivity contribution in [3.8, 4) is 11.5 Å². The molecular weight excluding hydrogens is 442 g/mol. The van der Waals surface area contributed by atoms with Crippen molar-refractivity contribution in [2.45, 2.75) is 0 Å². The molecule has 1 aliphatic heterocycles. The van der Waals surface area contributed by atoms with E-state index in [1.165, 1.54) is 4.31 Å². The summed E-state index contributed by atoms with van der Waals surface area (Å²) < 4.78 is 37.5. The molecule has 0 unspecified atom stereocenters. The third-order valence-electron chi connectivity index (χ3n) is 4.92. The minimum atomic E-state index is -3.47. The molecule has 0 radical (unpaired) electrons. The first kappa shape index (κ1) is 23.2. The highest BCUT2D eigenvalue weighted by Crippen LogP contribution is 2.28. The number of piperazine rings is 1. The van der Waals surface area contributed by atoms with Crippen molar-refractivity contribution < 1.29 is 22.7 Å². The van der Waals surface area contributed by atoms with Gasteiger partial charge in [0.1, 0.15) is 11.5 Å². The Morgan fingerprint density at radius 2 is 1.74 bits per heavy atom. The van der Waals surface area contributed by atoms with Crippen LogP contribution >= 0.6 is 11.6 Å². The molecule has 1 N–H and O–H groups in total. The third-order valence-corrected chi connectivity index (χ3v) is 7.05. The number of nitrogens with one attached hydrogen (secondary N) is 1. The van der Waals surface area contributed by atoms with Gasteiger partial charge in [0.2, 0.25) is 10.0 Å². The van der Waals surface area contributed by atoms with Crippen molar-refractivity contribution >= 4 is 33.2 Å². The summed E-state index contributed by atoms with van der Waals surface area (Å²) in [6.45, 7) is 1.74. The molecule has 1 aliphatic rings. The number of ether oxygens (including phenoxy) is 2. The molecular formula is C21H26ClN3O5S. The molecule has 1 fully saturated rings. The second-order valence-corrected chi connectivity index (χ2v) is 9.49. The van der Waals surface area contributed by atoms with Gasteiger partial charge in [0.15, 0.2) is 6.61 Å². The number of sulfonamides is 1. The molecule has 8 nitrogen and oxygen atoms in total. The number of nitrogens with zero attached hydrogens (tertiary/aromatic N) is 2. The van der Waals surface area contributed by atoms with E-state index in [1.54, 1.807) is 31.4 Å². The molecule has 2 aromatic rings. The smallest absolute Gasteiger partial charge is 0.257 e. The molecule has 31 heavy (non-hydrogen) atoms. The molecule has 1 amide bonds. The second-order valence-electron chi connectivity index (χ2n) is 6.97. The molecule has 10 heteroatoms. The van der Waals surface area contributed by atoms with E-state index >= 15 is 0 Å². The summed E-state index contributed by atoms with van der Waals surface area (Å²) in [4.78, 5) is 14.0. The van der Waals surface area contributed by atoms with Gasteiger partial charge in [-0.3, -0.25) is 4.79 Å². The van der Waals surface area contributed by atoms with Crippen LogP contribution in [-0.2, 0) is 14.8 Å². The first-order valence-corrected chi connectivity index (χ1v) is 11.9. The number of carbonyl (C=O) groups is 1. The van der Waals surface area contributed by atoms with Crippen LogP contribution in [0.25, 0.3) is 0 Å². The van der Waals surface area contributed by atoms with Gasteiger partial charge in [-0.1, -0.05) is 23.7 Å². The molecule has 2 aromatic carbocycles. The Hall–Kier alpha value is -2.49. The summed E-state index contributed by atoms with van der Waals surface area (Å²) in [6, 6.07) is 14.3. The summed E-state index contributed by atoms with van der Waals surface area (Å²) in [7, 11) is -1.85. The fraction of sp³-hybridized carbons (Fsp3) is 0.381. The Morgan fingerprint density at radius 1 is 1.06 bits per heavy atom. The predicted molar refractivity (Wildman–Crippen MR) is 121 cm³/mol. The standard InChI is InChI=1S/C21H26ClN3O5S/c1-29-20-5-3-2-4-19(20)24-11-13-25(14-12-24)31(27,28)15-10-23-21(26)16-30-18-8-6-17(22)7-9-18/h2-9H,10-16H2,1H3,(H,23,26). The Balaban J connectivity index is 1.42. The van der Waals surface area contributed by atoms with Crippen LogP contribution in [0.5, 0.6) is 11.5 Å². The van der Waals surface area contributed by atoms with Crippen LogP contribution in [0, 0.1) is 0 Å². The largest absolute Gasteiger partial charge is 0.495 e. The van der Waals surface area contributed by atoms with Crippen molar-refractivity contribution in [1.82, 2.24) is 9.62 Å². The first-order chi connectivity index (χ1) is 14.9. The monoisotopic (exact) mass is 467 g/mol. The number of carbonyl (C=O) groups excluding carboxylic acids is 1. The summed E-state index contributed by atoms with van der Waals surface area (Å²) >= 11 is 5.80. The maximum absolute atomic E-state index is 12.6. The minimum Gasteiger partial charge on any atom is -0.495 e.